The first-order chi connectivity index (χ1) is 10.9. The van der Waals surface area contributed by atoms with E-state index in [1.807, 2.05) is 0 Å². The van der Waals surface area contributed by atoms with Gasteiger partial charge in [-0.1, -0.05) is 18.2 Å². The fourth-order valence-corrected chi connectivity index (χ4v) is 1.93. The van der Waals surface area contributed by atoms with Gasteiger partial charge in [-0.2, -0.15) is 13.2 Å². The molecule has 2 aromatic rings. The topological polar surface area (TPSA) is 39.2 Å². The molecule has 0 aliphatic rings. The molecule has 0 aliphatic carbocycles. The minimum atomic E-state index is -4.40. The largest absolute Gasteiger partial charge is 0.462 e. The van der Waals surface area contributed by atoms with Crippen LogP contribution in [0.15, 0.2) is 42.6 Å². The van der Waals surface area contributed by atoms with E-state index in [4.69, 9.17) is 4.74 Å². The number of hydrogen-bond acceptors (Lipinski definition) is 3. The van der Waals surface area contributed by atoms with Crippen molar-refractivity contribution in [3.05, 3.63) is 65.0 Å². The fraction of sp³-hybridized carbons (Fsp3) is 0.176. The molecule has 0 radical (unpaired) electrons. The van der Waals surface area contributed by atoms with Crippen molar-refractivity contribution < 1.29 is 22.7 Å². The van der Waals surface area contributed by atoms with Gasteiger partial charge in [0.2, 0.25) is 0 Å². The maximum Gasteiger partial charge on any atom is 0.416 e. The second-order valence-corrected chi connectivity index (χ2v) is 4.61. The number of esters is 1. The van der Waals surface area contributed by atoms with Crippen molar-refractivity contribution in [3.8, 4) is 0 Å². The Labute approximate surface area is 131 Å². The van der Waals surface area contributed by atoms with Crippen molar-refractivity contribution in [1.82, 2.24) is 4.98 Å². The molecule has 0 unspecified atom stereocenters. The SMILES string of the molecule is CCOC(=O)c1cccnc1/C=C/c1cccc(C(F)(F)F)c1. The Kier molecular flexibility index (Phi) is 5.16. The number of hydrogen-bond donors (Lipinski definition) is 0. The van der Waals surface area contributed by atoms with Gasteiger partial charge in [0.25, 0.3) is 0 Å². The summed E-state index contributed by atoms with van der Waals surface area (Å²) in [6, 6.07) is 8.04. The molecule has 120 valence electrons. The summed E-state index contributed by atoms with van der Waals surface area (Å²) >= 11 is 0. The van der Waals surface area contributed by atoms with E-state index in [0.717, 1.165) is 12.1 Å². The summed E-state index contributed by atoms with van der Waals surface area (Å²) in [5.41, 5.74) is 0.229. The van der Waals surface area contributed by atoms with Gasteiger partial charge in [-0.15, -0.1) is 0 Å². The van der Waals surface area contributed by atoms with Gasteiger partial charge < -0.3 is 4.74 Å². The van der Waals surface area contributed by atoms with Crippen LogP contribution in [0.5, 0.6) is 0 Å². The Hall–Kier alpha value is -2.63. The summed E-state index contributed by atoms with van der Waals surface area (Å²) in [5, 5.41) is 0. The lowest BCUT2D eigenvalue weighted by atomic mass is 10.1. The number of alkyl halides is 3. The van der Waals surface area contributed by atoms with Crippen molar-refractivity contribution in [1.29, 1.82) is 0 Å². The maximum absolute atomic E-state index is 12.7. The fourth-order valence-electron chi connectivity index (χ4n) is 1.93. The van der Waals surface area contributed by atoms with E-state index in [1.165, 1.54) is 24.4 Å². The van der Waals surface area contributed by atoms with E-state index < -0.39 is 17.7 Å². The molecule has 0 bridgehead atoms. The molecule has 1 aromatic carbocycles. The van der Waals surface area contributed by atoms with Crippen LogP contribution in [0.3, 0.4) is 0 Å². The maximum atomic E-state index is 12.7. The summed E-state index contributed by atoms with van der Waals surface area (Å²) in [5.74, 6) is -0.524. The van der Waals surface area contributed by atoms with Crippen LogP contribution < -0.4 is 0 Å². The van der Waals surface area contributed by atoms with E-state index >= 15 is 0 Å². The normalized spacial score (nSPS) is 11.7. The Morgan fingerprint density at radius 2 is 2.00 bits per heavy atom. The highest BCUT2D eigenvalue weighted by Crippen LogP contribution is 2.29. The van der Waals surface area contributed by atoms with Gasteiger partial charge in [-0.05, 0) is 42.8 Å². The lowest BCUT2D eigenvalue weighted by Crippen LogP contribution is -2.07. The second kappa shape index (κ2) is 7.09. The van der Waals surface area contributed by atoms with E-state index in [-0.39, 0.29) is 12.2 Å². The highest BCUT2D eigenvalue weighted by molar-refractivity contribution is 5.93. The number of ether oxygens (including phenoxy) is 1. The van der Waals surface area contributed by atoms with Crippen LogP contribution >= 0.6 is 0 Å². The third-order valence-corrected chi connectivity index (χ3v) is 2.98. The van der Waals surface area contributed by atoms with Crippen molar-refractivity contribution in [2.75, 3.05) is 6.61 Å². The van der Waals surface area contributed by atoms with Gasteiger partial charge in [0.1, 0.15) is 0 Å². The molecule has 1 heterocycles. The summed E-state index contributed by atoms with van der Waals surface area (Å²) < 4.78 is 43.0. The molecular formula is C17H14F3NO2. The Balaban J connectivity index is 2.29. The molecule has 2 rings (SSSR count). The molecule has 0 atom stereocenters. The molecule has 6 heteroatoms. The van der Waals surface area contributed by atoms with Crippen LogP contribution in [-0.4, -0.2) is 17.6 Å². The first kappa shape index (κ1) is 16.7. The predicted molar refractivity (Wildman–Crippen MR) is 80.6 cm³/mol. The van der Waals surface area contributed by atoms with E-state index in [2.05, 4.69) is 4.98 Å². The molecule has 0 saturated carbocycles. The van der Waals surface area contributed by atoms with Crippen molar-refractivity contribution in [3.63, 3.8) is 0 Å². The number of carbonyl (C=O) groups is 1. The standard InChI is InChI=1S/C17H14F3NO2/c1-2-23-16(22)14-7-4-10-21-15(14)9-8-12-5-3-6-13(11-12)17(18,19)20/h3-11H,2H2,1H3/b9-8+. The molecule has 0 saturated heterocycles. The molecule has 0 fully saturated rings. The third-order valence-electron chi connectivity index (χ3n) is 2.98. The summed E-state index contributed by atoms with van der Waals surface area (Å²) in [4.78, 5) is 15.9. The molecule has 0 aliphatic heterocycles. The minimum absolute atomic E-state index is 0.227. The predicted octanol–water partition coefficient (Wildman–Crippen LogP) is 4.45. The van der Waals surface area contributed by atoms with Crippen molar-refractivity contribution in [2.24, 2.45) is 0 Å². The Morgan fingerprint density at radius 3 is 2.70 bits per heavy atom. The van der Waals surface area contributed by atoms with Gasteiger partial charge in [0.15, 0.2) is 0 Å². The zero-order valence-corrected chi connectivity index (χ0v) is 12.3. The molecule has 0 amide bonds. The zero-order valence-electron chi connectivity index (χ0n) is 12.3. The monoisotopic (exact) mass is 321 g/mol. The first-order valence-corrected chi connectivity index (χ1v) is 6.89. The number of nitrogens with zero attached hydrogens (tertiary/aromatic N) is 1. The summed E-state index contributed by atoms with van der Waals surface area (Å²) in [6.07, 6.45) is 0.0571. The molecule has 3 nitrogen and oxygen atoms in total. The van der Waals surface area contributed by atoms with Crippen LogP contribution in [0.1, 0.15) is 34.1 Å². The molecule has 0 N–H and O–H groups in total. The van der Waals surface area contributed by atoms with Crippen molar-refractivity contribution >= 4 is 18.1 Å². The van der Waals surface area contributed by atoms with Gasteiger partial charge in [0.05, 0.1) is 23.4 Å². The van der Waals surface area contributed by atoms with Gasteiger partial charge in [-0.25, -0.2) is 4.79 Å². The quantitative estimate of drug-likeness (QED) is 0.781. The third kappa shape index (κ3) is 4.42. The smallest absolute Gasteiger partial charge is 0.416 e. The first-order valence-electron chi connectivity index (χ1n) is 6.89. The molecule has 0 spiro atoms. The summed E-state index contributed by atoms with van der Waals surface area (Å²) in [7, 11) is 0. The lowest BCUT2D eigenvalue weighted by Gasteiger charge is -2.07. The van der Waals surface area contributed by atoms with E-state index in [1.54, 1.807) is 25.1 Å². The van der Waals surface area contributed by atoms with Crippen LogP contribution in [0.2, 0.25) is 0 Å². The number of aromatic nitrogens is 1. The van der Waals surface area contributed by atoms with E-state index in [9.17, 15) is 18.0 Å². The second-order valence-electron chi connectivity index (χ2n) is 4.61. The lowest BCUT2D eigenvalue weighted by molar-refractivity contribution is -0.137. The number of rotatable bonds is 4. The molecule has 1 aromatic heterocycles. The number of carbonyl (C=O) groups excluding carboxylic acids is 1. The number of pyridine rings is 1. The van der Waals surface area contributed by atoms with E-state index in [0.29, 0.717) is 11.3 Å². The Bertz CT molecular complexity index is 724. The van der Waals surface area contributed by atoms with Crippen LogP contribution in [0.25, 0.3) is 12.2 Å². The van der Waals surface area contributed by atoms with Crippen LogP contribution in [0.4, 0.5) is 13.2 Å². The van der Waals surface area contributed by atoms with Crippen LogP contribution in [-0.2, 0) is 10.9 Å². The highest BCUT2D eigenvalue weighted by atomic mass is 19.4. The zero-order chi connectivity index (χ0) is 16.9. The van der Waals surface area contributed by atoms with Crippen molar-refractivity contribution in [2.45, 2.75) is 13.1 Å². The van der Waals surface area contributed by atoms with Gasteiger partial charge in [-0.3, -0.25) is 4.98 Å². The Morgan fingerprint density at radius 1 is 1.22 bits per heavy atom. The number of benzene rings is 1. The van der Waals surface area contributed by atoms with Gasteiger partial charge in [0, 0.05) is 6.20 Å². The summed E-state index contributed by atoms with van der Waals surface area (Å²) in [6.45, 7) is 1.91. The highest BCUT2D eigenvalue weighted by Gasteiger charge is 2.30. The average molecular weight is 321 g/mol. The molecule has 23 heavy (non-hydrogen) atoms. The average Bonchev–Trinajstić information content (AvgIpc) is 2.53. The minimum Gasteiger partial charge on any atom is -0.462 e. The van der Waals surface area contributed by atoms with Gasteiger partial charge >= 0.3 is 12.1 Å². The number of halogens is 3. The van der Waals surface area contributed by atoms with Crippen LogP contribution in [0, 0.1) is 0 Å². The molecular weight excluding hydrogens is 307 g/mol.